The highest BCUT2D eigenvalue weighted by Gasteiger charge is 2.03. The lowest BCUT2D eigenvalue weighted by atomic mass is 9.95. The van der Waals surface area contributed by atoms with E-state index in [2.05, 4.69) is 6.92 Å². The lowest BCUT2D eigenvalue weighted by molar-refractivity contribution is -0.119. The smallest absolute Gasteiger partial charge is 0.217 e. The third kappa shape index (κ3) is 46.9. The molecule has 2 amide bonds. The van der Waals surface area contributed by atoms with E-state index in [1.165, 1.54) is 238 Å². The summed E-state index contributed by atoms with van der Waals surface area (Å²) in [4.78, 5) is 21.5. The number of hydrogen-bond donors (Lipinski definition) is 2. The van der Waals surface area contributed by atoms with Crippen LogP contribution >= 0.6 is 0 Å². The molecule has 4 nitrogen and oxygen atoms in total. The van der Waals surface area contributed by atoms with E-state index in [0.29, 0.717) is 12.8 Å². The van der Waals surface area contributed by atoms with Gasteiger partial charge in [-0.1, -0.05) is 257 Å². The van der Waals surface area contributed by atoms with Crippen LogP contribution in [-0.4, -0.2) is 11.8 Å². The van der Waals surface area contributed by atoms with E-state index in [0.717, 1.165) is 31.6 Å². The van der Waals surface area contributed by atoms with Crippen molar-refractivity contribution in [3.05, 3.63) is 0 Å². The van der Waals surface area contributed by atoms with Gasteiger partial charge >= 0.3 is 0 Å². The molecule has 0 bridgehead atoms. The second-order valence-electron chi connectivity index (χ2n) is 16.9. The lowest BCUT2D eigenvalue weighted by Crippen LogP contribution is -2.09. The van der Waals surface area contributed by atoms with Gasteiger partial charge in [0.05, 0.1) is 0 Å². The van der Waals surface area contributed by atoms with Gasteiger partial charge in [0.2, 0.25) is 11.8 Å². The van der Waals surface area contributed by atoms with E-state index in [1.54, 1.807) is 0 Å². The first-order valence-electron chi connectivity index (χ1n) is 23.6. The monoisotopic (exact) mass is 719 g/mol. The minimum absolute atomic E-state index is 0.150. The molecule has 0 aliphatic carbocycles. The van der Waals surface area contributed by atoms with Gasteiger partial charge in [-0.05, 0) is 18.8 Å². The minimum atomic E-state index is -0.150. The van der Waals surface area contributed by atoms with Gasteiger partial charge in [0.25, 0.3) is 0 Å². The van der Waals surface area contributed by atoms with Gasteiger partial charge in [-0.2, -0.15) is 0 Å². The first kappa shape index (κ1) is 49.9. The van der Waals surface area contributed by atoms with Gasteiger partial charge in [-0.15, -0.1) is 0 Å². The summed E-state index contributed by atoms with van der Waals surface area (Å²) in [6, 6.07) is 0. The molecule has 0 rings (SSSR count). The van der Waals surface area contributed by atoms with Crippen LogP contribution in [0.15, 0.2) is 0 Å². The Balaban J connectivity index is 3.15. The lowest BCUT2D eigenvalue weighted by Gasteiger charge is -2.11. The molecule has 4 heteroatoms. The Labute approximate surface area is 321 Å². The molecule has 304 valence electrons. The van der Waals surface area contributed by atoms with Crippen LogP contribution in [-0.2, 0) is 9.59 Å². The Bertz CT molecular complexity index is 696. The summed E-state index contributed by atoms with van der Waals surface area (Å²) in [5.74, 6) is 0.637. The van der Waals surface area contributed by atoms with E-state index in [-0.39, 0.29) is 11.8 Å². The number of unbranched alkanes of at least 4 members (excludes halogenated alkanes) is 37. The molecule has 4 N–H and O–H groups in total. The van der Waals surface area contributed by atoms with E-state index in [1.807, 2.05) is 0 Å². The van der Waals surface area contributed by atoms with Crippen molar-refractivity contribution in [1.29, 1.82) is 0 Å². The van der Waals surface area contributed by atoms with E-state index >= 15 is 0 Å². The van der Waals surface area contributed by atoms with Crippen molar-refractivity contribution >= 4 is 11.8 Å². The number of carbonyl (C=O) groups is 2. The number of rotatable bonds is 45. The van der Waals surface area contributed by atoms with Crippen molar-refractivity contribution in [2.75, 3.05) is 0 Å². The highest BCUT2D eigenvalue weighted by atomic mass is 16.1. The third-order valence-corrected chi connectivity index (χ3v) is 11.5. The molecule has 0 aromatic heterocycles. The maximum Gasteiger partial charge on any atom is 0.217 e. The highest BCUT2D eigenvalue weighted by molar-refractivity contribution is 5.73. The molecule has 0 radical (unpaired) electrons. The molecule has 0 aliphatic heterocycles. The normalized spacial score (nSPS) is 12.1. The Morgan fingerprint density at radius 2 is 0.412 bits per heavy atom. The second-order valence-corrected chi connectivity index (χ2v) is 16.9. The largest absolute Gasteiger partial charge is 0.370 e. The van der Waals surface area contributed by atoms with Crippen LogP contribution in [0.5, 0.6) is 0 Å². The number of carbonyl (C=O) groups excluding carboxylic acids is 2. The van der Waals surface area contributed by atoms with Gasteiger partial charge in [0.15, 0.2) is 0 Å². The zero-order valence-electron chi connectivity index (χ0n) is 35.0. The molecule has 0 aromatic rings. The number of hydrogen-bond acceptors (Lipinski definition) is 2. The van der Waals surface area contributed by atoms with Gasteiger partial charge in [0, 0.05) is 12.8 Å². The zero-order chi connectivity index (χ0) is 37.1. The molecule has 0 spiro atoms. The van der Waals surface area contributed by atoms with E-state index < -0.39 is 0 Å². The van der Waals surface area contributed by atoms with Crippen LogP contribution < -0.4 is 11.5 Å². The SMILES string of the molecule is CC(CCCCCCCCCCCCCCCCCCCCCCC(N)=O)CCCCCCCCCCCCCCCCCCCCCC(N)=O. The topological polar surface area (TPSA) is 86.2 Å². The fourth-order valence-corrected chi connectivity index (χ4v) is 7.92. The Kier molecular flexibility index (Phi) is 42.4. The number of nitrogens with two attached hydrogens (primary N) is 2. The van der Waals surface area contributed by atoms with Crippen LogP contribution in [0.25, 0.3) is 0 Å². The highest BCUT2D eigenvalue weighted by Crippen LogP contribution is 2.20. The predicted octanol–water partition coefficient (Wildman–Crippen LogP) is 15.4. The van der Waals surface area contributed by atoms with Crippen molar-refractivity contribution in [1.82, 2.24) is 0 Å². The van der Waals surface area contributed by atoms with Crippen LogP contribution in [0.3, 0.4) is 0 Å². The summed E-state index contributed by atoms with van der Waals surface area (Å²) >= 11 is 0. The quantitative estimate of drug-likeness (QED) is 0.0614. The minimum Gasteiger partial charge on any atom is -0.370 e. The maximum absolute atomic E-state index is 10.7. The Morgan fingerprint density at radius 1 is 0.275 bits per heavy atom. The third-order valence-electron chi connectivity index (χ3n) is 11.5. The molecule has 0 aromatic carbocycles. The standard InChI is InChI=1S/C47H94N2O2/c1-45(42-38-34-30-26-22-18-14-10-6-4-8-12-16-20-24-28-32-36-40-44-47(49)51)41-37-33-29-25-21-17-13-9-5-2-3-7-11-15-19-23-27-31-35-39-43-46(48)50/h45H,2-44H2,1H3,(H2,48,50)(H2,49,51). The van der Waals surface area contributed by atoms with Crippen molar-refractivity contribution in [2.24, 2.45) is 17.4 Å². The molecule has 1 unspecified atom stereocenters. The van der Waals surface area contributed by atoms with Crippen LogP contribution in [0.1, 0.15) is 283 Å². The van der Waals surface area contributed by atoms with Crippen LogP contribution in [0.4, 0.5) is 0 Å². The van der Waals surface area contributed by atoms with Gasteiger partial charge < -0.3 is 11.5 Å². The summed E-state index contributed by atoms with van der Waals surface area (Å²) in [7, 11) is 0. The average molecular weight is 719 g/mol. The summed E-state index contributed by atoms with van der Waals surface area (Å²) in [5, 5.41) is 0. The summed E-state index contributed by atoms with van der Waals surface area (Å²) in [6.45, 7) is 2.50. The fraction of sp³-hybridized carbons (Fsp3) is 0.957. The van der Waals surface area contributed by atoms with E-state index in [4.69, 9.17) is 11.5 Å². The van der Waals surface area contributed by atoms with Crippen LogP contribution in [0, 0.1) is 5.92 Å². The first-order valence-corrected chi connectivity index (χ1v) is 23.6. The van der Waals surface area contributed by atoms with Crippen molar-refractivity contribution in [3.63, 3.8) is 0 Å². The molecular weight excluding hydrogens is 625 g/mol. The molecular formula is C47H94N2O2. The van der Waals surface area contributed by atoms with Crippen molar-refractivity contribution in [3.8, 4) is 0 Å². The molecule has 0 saturated heterocycles. The molecule has 51 heavy (non-hydrogen) atoms. The summed E-state index contributed by atoms with van der Waals surface area (Å²) < 4.78 is 0. The number of primary amides is 2. The molecule has 1 atom stereocenters. The fourth-order valence-electron chi connectivity index (χ4n) is 7.92. The van der Waals surface area contributed by atoms with E-state index in [9.17, 15) is 9.59 Å². The molecule has 0 aliphatic rings. The zero-order valence-corrected chi connectivity index (χ0v) is 35.0. The van der Waals surface area contributed by atoms with Crippen LogP contribution in [0.2, 0.25) is 0 Å². The molecule has 0 fully saturated rings. The Hall–Kier alpha value is -1.06. The Morgan fingerprint density at radius 3 is 0.569 bits per heavy atom. The van der Waals surface area contributed by atoms with Gasteiger partial charge in [-0.25, -0.2) is 0 Å². The van der Waals surface area contributed by atoms with Crippen molar-refractivity contribution < 1.29 is 9.59 Å². The second kappa shape index (κ2) is 43.3. The molecule has 0 saturated carbocycles. The van der Waals surface area contributed by atoms with Gasteiger partial charge in [-0.3, -0.25) is 9.59 Å². The molecule has 0 heterocycles. The average Bonchev–Trinajstić information content (AvgIpc) is 3.10. The first-order chi connectivity index (χ1) is 25.0. The maximum atomic E-state index is 10.7. The predicted molar refractivity (Wildman–Crippen MR) is 226 cm³/mol. The summed E-state index contributed by atoms with van der Waals surface area (Å²) in [6.07, 6.45) is 58.2. The van der Waals surface area contributed by atoms with Gasteiger partial charge in [0.1, 0.15) is 0 Å². The van der Waals surface area contributed by atoms with Crippen molar-refractivity contribution in [2.45, 2.75) is 283 Å². The number of amides is 2. The summed E-state index contributed by atoms with van der Waals surface area (Å²) in [5.41, 5.74) is 10.4.